The smallest absolute Gasteiger partial charge is 0.338 e. The second kappa shape index (κ2) is 13.2. The van der Waals surface area contributed by atoms with Crippen LogP contribution in [0.2, 0.25) is 0 Å². The fourth-order valence-corrected chi connectivity index (χ4v) is 2.94. The first-order valence-corrected chi connectivity index (χ1v) is 10.9. The summed E-state index contributed by atoms with van der Waals surface area (Å²) >= 11 is 0. The van der Waals surface area contributed by atoms with Gasteiger partial charge in [0.25, 0.3) is 0 Å². The summed E-state index contributed by atoms with van der Waals surface area (Å²) in [7, 11) is 0. The molecule has 31 heavy (non-hydrogen) atoms. The Bertz CT molecular complexity index is 874. The topological polar surface area (TPSA) is 78.7 Å². The van der Waals surface area contributed by atoms with Crippen LogP contribution in [0.5, 0.6) is 5.75 Å². The van der Waals surface area contributed by atoms with E-state index in [9.17, 15) is 14.8 Å². The molecule has 0 atom stereocenters. The summed E-state index contributed by atoms with van der Waals surface area (Å²) in [6.07, 6.45) is 8.10. The molecule has 0 saturated heterocycles. The summed E-state index contributed by atoms with van der Waals surface area (Å²) < 4.78 is 11.5. The fourth-order valence-electron chi connectivity index (χ4n) is 2.94. The lowest BCUT2D eigenvalue weighted by Crippen LogP contribution is -2.07. The number of carbonyl (C=O) groups excluding carboxylic acids is 2. The summed E-state index contributed by atoms with van der Waals surface area (Å²) in [6, 6.07) is 11.4. The van der Waals surface area contributed by atoms with Gasteiger partial charge in [0.15, 0.2) is 12.5 Å². The van der Waals surface area contributed by atoms with Crippen LogP contribution in [0.15, 0.2) is 42.5 Å². The van der Waals surface area contributed by atoms with Gasteiger partial charge >= 0.3 is 5.97 Å². The molecule has 0 fully saturated rings. The molecule has 0 spiro atoms. The lowest BCUT2D eigenvalue weighted by molar-refractivity contribution is -0.354. The second-order valence-electron chi connectivity index (χ2n) is 7.31. The number of esters is 1. The average Bonchev–Trinajstić information content (AvgIpc) is 2.79. The third-order valence-electron chi connectivity index (χ3n) is 4.77. The Kier molecular flexibility index (Phi) is 10.3. The maximum absolute atomic E-state index is 12.6. The molecule has 2 rings (SSSR count). The zero-order chi connectivity index (χ0) is 22.5. The van der Waals surface area contributed by atoms with Crippen LogP contribution >= 0.6 is 0 Å². The Labute approximate surface area is 184 Å². The van der Waals surface area contributed by atoms with Crippen LogP contribution in [0.4, 0.5) is 5.69 Å². The first-order valence-electron chi connectivity index (χ1n) is 10.9. The Balaban J connectivity index is 2.03. The molecule has 0 saturated carbocycles. The van der Waals surface area contributed by atoms with Gasteiger partial charge in [-0.1, -0.05) is 39.5 Å². The van der Waals surface area contributed by atoms with Crippen molar-refractivity contribution < 1.29 is 23.8 Å². The van der Waals surface area contributed by atoms with Gasteiger partial charge in [-0.25, -0.2) is 4.79 Å². The number of benzene rings is 2. The quantitative estimate of drug-likeness (QED) is 0.0785. The van der Waals surface area contributed by atoms with E-state index in [-0.39, 0.29) is 17.2 Å². The highest BCUT2D eigenvalue weighted by molar-refractivity contribution is 5.90. The van der Waals surface area contributed by atoms with E-state index in [2.05, 4.69) is 13.8 Å². The predicted octanol–water partition coefficient (Wildman–Crippen LogP) is 5.68. The van der Waals surface area contributed by atoms with Gasteiger partial charge in [-0.15, -0.1) is 0 Å². The minimum Gasteiger partial charge on any atom is -0.618 e. The number of unbranched alkanes of at least 4 members (excludes halogenated alkanes) is 4. The molecule has 0 amide bonds. The molecule has 6 nitrogen and oxygen atoms in total. The molecule has 0 bridgehead atoms. The van der Waals surface area contributed by atoms with E-state index in [1.165, 1.54) is 6.21 Å². The predicted molar refractivity (Wildman–Crippen MR) is 122 cm³/mol. The number of hydrogen-bond acceptors (Lipinski definition) is 5. The van der Waals surface area contributed by atoms with Gasteiger partial charge in [0, 0.05) is 11.6 Å². The standard InChI is InChI=1S/C25H31NO5/c1-3-5-7-8-16-31-25(28)21-11-9-20(10-12-21)18-26(29)24-14-13-23(17-22(24)19-27)30-15-6-4-2/h9-14,17-19H,3-8,15-16H2,1-2H3. The highest BCUT2D eigenvalue weighted by Gasteiger charge is 2.12. The van der Waals surface area contributed by atoms with Crippen LogP contribution in [0.25, 0.3) is 0 Å². The van der Waals surface area contributed by atoms with Gasteiger partial charge in [-0.2, -0.15) is 4.74 Å². The molecule has 2 aromatic rings. The molecule has 6 heteroatoms. The lowest BCUT2D eigenvalue weighted by Gasteiger charge is -2.09. The molecule has 0 aromatic heterocycles. The number of ether oxygens (including phenoxy) is 2. The summed E-state index contributed by atoms with van der Waals surface area (Å²) in [5, 5.41) is 12.6. The monoisotopic (exact) mass is 425 g/mol. The van der Waals surface area contributed by atoms with Crippen molar-refractivity contribution in [2.45, 2.75) is 52.4 Å². The highest BCUT2D eigenvalue weighted by atomic mass is 16.5. The number of rotatable bonds is 13. The molecule has 0 heterocycles. The van der Waals surface area contributed by atoms with E-state index in [0.717, 1.165) is 38.5 Å². The van der Waals surface area contributed by atoms with Gasteiger partial charge in [-0.3, -0.25) is 4.79 Å². The lowest BCUT2D eigenvalue weighted by atomic mass is 10.1. The van der Waals surface area contributed by atoms with Gasteiger partial charge in [0.1, 0.15) is 5.75 Å². The molecule has 0 N–H and O–H groups in total. The Morgan fingerprint density at radius 3 is 2.39 bits per heavy atom. The van der Waals surface area contributed by atoms with Gasteiger partial charge < -0.3 is 14.7 Å². The first-order chi connectivity index (χ1) is 15.1. The van der Waals surface area contributed by atoms with Crippen molar-refractivity contribution in [2.24, 2.45) is 0 Å². The van der Waals surface area contributed by atoms with Gasteiger partial charge in [-0.05, 0) is 49.2 Å². The van der Waals surface area contributed by atoms with Crippen molar-refractivity contribution in [3.63, 3.8) is 0 Å². The summed E-state index contributed by atoms with van der Waals surface area (Å²) in [4.78, 5) is 23.5. The minimum atomic E-state index is -0.371. The van der Waals surface area contributed by atoms with Crippen molar-refractivity contribution in [3.8, 4) is 5.75 Å². The third kappa shape index (κ3) is 7.89. The van der Waals surface area contributed by atoms with Gasteiger partial charge in [0.2, 0.25) is 5.69 Å². The van der Waals surface area contributed by atoms with Crippen molar-refractivity contribution in [2.75, 3.05) is 13.2 Å². The highest BCUT2D eigenvalue weighted by Crippen LogP contribution is 2.23. The number of aldehydes is 1. The maximum Gasteiger partial charge on any atom is 0.338 e. The SMILES string of the molecule is CCCCCCOC(=O)c1ccc(C=[N+]([O-])c2ccc(OCCCC)cc2C=O)cc1. The molecule has 166 valence electrons. The number of carbonyl (C=O) groups is 2. The van der Waals surface area contributed by atoms with Crippen LogP contribution in [-0.2, 0) is 4.74 Å². The summed E-state index contributed by atoms with van der Waals surface area (Å²) in [5.74, 6) is 0.189. The fraction of sp³-hybridized carbons (Fsp3) is 0.400. The summed E-state index contributed by atoms with van der Waals surface area (Å²) in [5.41, 5.74) is 1.53. The minimum absolute atomic E-state index is 0.230. The van der Waals surface area contributed by atoms with Crippen LogP contribution < -0.4 is 4.74 Å². The number of nitrogens with zero attached hydrogens (tertiary/aromatic N) is 1. The Morgan fingerprint density at radius 2 is 1.71 bits per heavy atom. The molecule has 0 aliphatic carbocycles. The van der Waals surface area contributed by atoms with Gasteiger partial charge in [0.05, 0.1) is 24.3 Å². The molecule has 0 unspecified atom stereocenters. The zero-order valence-corrected chi connectivity index (χ0v) is 18.3. The maximum atomic E-state index is 12.6. The van der Waals surface area contributed by atoms with Crippen molar-refractivity contribution in [1.29, 1.82) is 0 Å². The van der Waals surface area contributed by atoms with Crippen LogP contribution in [-0.4, -0.2) is 36.4 Å². The van der Waals surface area contributed by atoms with E-state index in [1.807, 2.05) is 0 Å². The van der Waals surface area contributed by atoms with E-state index in [4.69, 9.17) is 9.47 Å². The van der Waals surface area contributed by atoms with Crippen LogP contribution in [0.1, 0.15) is 78.7 Å². The van der Waals surface area contributed by atoms with E-state index >= 15 is 0 Å². The second-order valence-corrected chi connectivity index (χ2v) is 7.31. The average molecular weight is 426 g/mol. The largest absolute Gasteiger partial charge is 0.618 e. The third-order valence-corrected chi connectivity index (χ3v) is 4.77. The molecule has 2 aromatic carbocycles. The first kappa shape index (κ1) is 24.1. The van der Waals surface area contributed by atoms with Crippen molar-refractivity contribution in [3.05, 3.63) is 64.4 Å². The van der Waals surface area contributed by atoms with Crippen LogP contribution in [0.3, 0.4) is 0 Å². The molecule has 0 aliphatic heterocycles. The Morgan fingerprint density at radius 1 is 0.968 bits per heavy atom. The van der Waals surface area contributed by atoms with E-state index < -0.39 is 0 Å². The van der Waals surface area contributed by atoms with Crippen molar-refractivity contribution in [1.82, 2.24) is 0 Å². The van der Waals surface area contributed by atoms with E-state index in [1.54, 1.807) is 42.5 Å². The van der Waals surface area contributed by atoms with E-state index in [0.29, 0.717) is 41.1 Å². The van der Waals surface area contributed by atoms with Crippen molar-refractivity contribution >= 4 is 24.2 Å². The van der Waals surface area contributed by atoms with Crippen LogP contribution in [0, 0.1) is 5.21 Å². The molecule has 0 radical (unpaired) electrons. The molecule has 0 aliphatic rings. The Hall–Kier alpha value is -3.15. The number of hydrogen-bond donors (Lipinski definition) is 0. The zero-order valence-electron chi connectivity index (χ0n) is 18.3. The normalized spacial score (nSPS) is 11.2. The molecular formula is C25H31NO5. The molecular weight excluding hydrogens is 394 g/mol. The summed E-state index contributed by atoms with van der Waals surface area (Å²) in [6.45, 7) is 5.17.